The van der Waals surface area contributed by atoms with Gasteiger partial charge in [-0.05, 0) is 35.9 Å². The van der Waals surface area contributed by atoms with Crippen molar-refractivity contribution in [1.29, 1.82) is 0 Å². The highest BCUT2D eigenvalue weighted by atomic mass is 79.9. The van der Waals surface area contributed by atoms with E-state index in [0.717, 1.165) is 23.1 Å². The topological polar surface area (TPSA) is 78.3 Å². The van der Waals surface area contributed by atoms with Gasteiger partial charge in [-0.15, -0.1) is 0 Å². The van der Waals surface area contributed by atoms with Crippen molar-refractivity contribution in [3.8, 4) is 0 Å². The Bertz CT molecular complexity index is 1100. The number of furan rings is 1. The summed E-state index contributed by atoms with van der Waals surface area (Å²) in [4.78, 5) is 32.4. The van der Waals surface area contributed by atoms with Crippen LogP contribution >= 0.6 is 15.9 Å². The van der Waals surface area contributed by atoms with E-state index in [-0.39, 0.29) is 18.5 Å². The molecular formula is C27H31BrN4O4. The zero-order valence-electron chi connectivity index (χ0n) is 20.1. The van der Waals surface area contributed by atoms with Crippen molar-refractivity contribution in [2.45, 2.75) is 13.1 Å². The average Bonchev–Trinajstić information content (AvgIpc) is 3.40. The highest BCUT2D eigenvalue weighted by Crippen LogP contribution is 2.17. The number of nitrogens with one attached hydrogen (secondary N) is 1. The molecule has 0 spiro atoms. The van der Waals surface area contributed by atoms with Crippen LogP contribution in [0.3, 0.4) is 0 Å². The first-order valence-electron chi connectivity index (χ1n) is 12.0. The first-order valence-corrected chi connectivity index (χ1v) is 12.8. The summed E-state index contributed by atoms with van der Waals surface area (Å²) in [6.07, 6.45) is 1.60. The summed E-state index contributed by atoms with van der Waals surface area (Å²) in [5, 5.41) is 2.93. The number of rotatable bonds is 10. The van der Waals surface area contributed by atoms with E-state index >= 15 is 0 Å². The molecule has 0 bridgehead atoms. The molecule has 36 heavy (non-hydrogen) atoms. The third-order valence-electron chi connectivity index (χ3n) is 5.97. The molecule has 9 heteroatoms. The van der Waals surface area contributed by atoms with Crippen LogP contribution in [0.5, 0.6) is 0 Å². The molecule has 2 heterocycles. The Labute approximate surface area is 219 Å². The maximum atomic E-state index is 13.6. The van der Waals surface area contributed by atoms with Gasteiger partial charge in [-0.3, -0.25) is 9.69 Å². The minimum Gasteiger partial charge on any atom is -0.467 e. The monoisotopic (exact) mass is 554 g/mol. The molecule has 0 atom stereocenters. The van der Waals surface area contributed by atoms with Crippen LogP contribution in [0.1, 0.15) is 11.3 Å². The van der Waals surface area contributed by atoms with E-state index in [9.17, 15) is 9.59 Å². The van der Waals surface area contributed by atoms with Crippen LogP contribution in [-0.4, -0.2) is 72.6 Å². The zero-order valence-corrected chi connectivity index (χ0v) is 21.7. The van der Waals surface area contributed by atoms with Gasteiger partial charge >= 0.3 is 6.03 Å². The largest absolute Gasteiger partial charge is 0.467 e. The summed E-state index contributed by atoms with van der Waals surface area (Å²) in [7, 11) is 0. The van der Waals surface area contributed by atoms with Crippen molar-refractivity contribution < 1.29 is 18.7 Å². The first kappa shape index (κ1) is 25.9. The molecule has 2 aromatic carbocycles. The van der Waals surface area contributed by atoms with Gasteiger partial charge in [-0.1, -0.05) is 52.3 Å². The quantitative estimate of drug-likeness (QED) is 0.401. The molecule has 4 rings (SSSR count). The molecule has 8 nitrogen and oxygen atoms in total. The minimum atomic E-state index is -0.313. The number of urea groups is 1. The molecular weight excluding hydrogens is 524 g/mol. The Balaban J connectivity index is 1.48. The second-order valence-corrected chi connectivity index (χ2v) is 9.55. The predicted octanol–water partition coefficient (Wildman–Crippen LogP) is 4.44. The second kappa shape index (κ2) is 13.2. The number of morpholine rings is 1. The standard InChI is InChI=1S/C27H31BrN4O4/c28-23-8-4-9-24(18-23)29-27(34)31(12-11-30-13-16-35-17-14-30)21-26(33)32(20-25-10-5-15-36-25)19-22-6-2-1-3-7-22/h1-10,15,18H,11-14,16-17,19-21H2,(H,29,34). The Hall–Kier alpha value is -3.14. The van der Waals surface area contributed by atoms with E-state index in [2.05, 4.69) is 26.1 Å². The van der Waals surface area contributed by atoms with Crippen LogP contribution in [0.4, 0.5) is 10.5 Å². The fraction of sp³-hybridized carbons (Fsp3) is 0.333. The third kappa shape index (κ3) is 7.94. The minimum absolute atomic E-state index is 0.0439. The van der Waals surface area contributed by atoms with Gasteiger partial charge in [0.25, 0.3) is 0 Å². The van der Waals surface area contributed by atoms with E-state index in [0.29, 0.717) is 50.8 Å². The van der Waals surface area contributed by atoms with Crippen molar-refractivity contribution >= 4 is 33.6 Å². The number of benzene rings is 2. The fourth-order valence-corrected chi connectivity index (χ4v) is 4.40. The second-order valence-electron chi connectivity index (χ2n) is 8.63. The number of carbonyl (C=O) groups is 2. The van der Waals surface area contributed by atoms with E-state index in [1.54, 1.807) is 22.1 Å². The van der Waals surface area contributed by atoms with Crippen LogP contribution < -0.4 is 5.32 Å². The molecule has 1 fully saturated rings. The summed E-state index contributed by atoms with van der Waals surface area (Å²) in [6.45, 7) is 4.77. The summed E-state index contributed by atoms with van der Waals surface area (Å²) in [6, 6.07) is 20.6. The lowest BCUT2D eigenvalue weighted by Gasteiger charge is -2.31. The number of carbonyl (C=O) groups excluding carboxylic acids is 2. The highest BCUT2D eigenvalue weighted by molar-refractivity contribution is 9.10. The van der Waals surface area contributed by atoms with Crippen LogP contribution in [0.25, 0.3) is 0 Å². The van der Waals surface area contributed by atoms with Gasteiger partial charge in [0.05, 0.1) is 26.0 Å². The van der Waals surface area contributed by atoms with Gasteiger partial charge in [-0.25, -0.2) is 4.79 Å². The van der Waals surface area contributed by atoms with Crippen molar-refractivity contribution in [2.75, 3.05) is 51.3 Å². The van der Waals surface area contributed by atoms with Gasteiger partial charge in [-0.2, -0.15) is 0 Å². The Morgan fingerprint density at radius 3 is 2.47 bits per heavy atom. The molecule has 0 unspecified atom stereocenters. The Morgan fingerprint density at radius 1 is 0.944 bits per heavy atom. The number of hydrogen-bond donors (Lipinski definition) is 1. The van der Waals surface area contributed by atoms with Gasteiger partial charge in [0.2, 0.25) is 5.91 Å². The Morgan fingerprint density at radius 2 is 1.75 bits per heavy atom. The smallest absolute Gasteiger partial charge is 0.322 e. The molecule has 1 aromatic heterocycles. The number of ether oxygens (including phenoxy) is 1. The van der Waals surface area contributed by atoms with Crippen molar-refractivity contribution in [3.63, 3.8) is 0 Å². The highest BCUT2D eigenvalue weighted by Gasteiger charge is 2.24. The van der Waals surface area contributed by atoms with Crippen LogP contribution in [0.15, 0.2) is 81.9 Å². The number of hydrogen-bond acceptors (Lipinski definition) is 5. The molecule has 1 aliphatic heterocycles. The number of nitrogens with zero attached hydrogens (tertiary/aromatic N) is 3. The molecule has 1 aliphatic rings. The van der Waals surface area contributed by atoms with Gasteiger partial charge < -0.3 is 24.3 Å². The molecule has 1 N–H and O–H groups in total. The molecule has 3 amide bonds. The summed E-state index contributed by atoms with van der Waals surface area (Å²) < 4.78 is 11.8. The zero-order chi connectivity index (χ0) is 25.2. The van der Waals surface area contributed by atoms with Crippen LogP contribution in [-0.2, 0) is 22.6 Å². The maximum absolute atomic E-state index is 13.6. The molecule has 0 saturated carbocycles. The Kier molecular flexibility index (Phi) is 9.54. The SMILES string of the molecule is O=C(CN(CCN1CCOCC1)C(=O)Nc1cccc(Br)c1)N(Cc1ccccc1)Cc1ccco1. The number of halogens is 1. The van der Waals surface area contributed by atoms with Gasteiger partial charge in [0.1, 0.15) is 12.3 Å². The maximum Gasteiger partial charge on any atom is 0.322 e. The van der Waals surface area contributed by atoms with Crippen molar-refractivity contribution in [1.82, 2.24) is 14.7 Å². The lowest BCUT2D eigenvalue weighted by Crippen LogP contribution is -2.48. The lowest BCUT2D eigenvalue weighted by molar-refractivity contribution is -0.133. The molecule has 1 saturated heterocycles. The van der Waals surface area contributed by atoms with Crippen LogP contribution in [0.2, 0.25) is 0 Å². The average molecular weight is 555 g/mol. The van der Waals surface area contributed by atoms with Gasteiger partial charge in [0, 0.05) is 42.9 Å². The van der Waals surface area contributed by atoms with Gasteiger partial charge in [0.15, 0.2) is 0 Å². The molecule has 3 aromatic rings. The predicted molar refractivity (Wildman–Crippen MR) is 141 cm³/mol. The summed E-state index contributed by atoms with van der Waals surface area (Å²) >= 11 is 3.44. The van der Waals surface area contributed by atoms with E-state index < -0.39 is 0 Å². The molecule has 0 radical (unpaired) electrons. The summed E-state index contributed by atoms with van der Waals surface area (Å²) in [5.41, 5.74) is 1.67. The normalized spacial score (nSPS) is 13.8. The summed E-state index contributed by atoms with van der Waals surface area (Å²) in [5.74, 6) is 0.541. The van der Waals surface area contributed by atoms with E-state index in [1.165, 1.54) is 0 Å². The van der Waals surface area contributed by atoms with Crippen molar-refractivity contribution in [2.24, 2.45) is 0 Å². The van der Waals surface area contributed by atoms with E-state index in [1.807, 2.05) is 60.7 Å². The third-order valence-corrected chi connectivity index (χ3v) is 6.47. The number of amides is 3. The van der Waals surface area contributed by atoms with E-state index in [4.69, 9.17) is 9.15 Å². The fourth-order valence-electron chi connectivity index (χ4n) is 4.00. The van der Waals surface area contributed by atoms with Crippen molar-refractivity contribution in [3.05, 3.63) is 88.8 Å². The molecule has 190 valence electrons. The lowest BCUT2D eigenvalue weighted by atomic mass is 10.2. The van der Waals surface area contributed by atoms with Crippen LogP contribution in [0, 0.1) is 0 Å². The number of anilines is 1. The molecule has 0 aliphatic carbocycles. The first-order chi connectivity index (χ1) is 17.6.